The van der Waals surface area contributed by atoms with Crippen LogP contribution in [0.15, 0.2) is 28.7 Å². The number of carboxylic acids is 1. The predicted octanol–water partition coefficient (Wildman–Crippen LogP) is 4.40. The average Bonchev–Trinajstić information content (AvgIpc) is 3.12. The Balaban J connectivity index is 2.20. The van der Waals surface area contributed by atoms with Crippen LogP contribution >= 0.6 is 15.9 Å². The van der Waals surface area contributed by atoms with Gasteiger partial charge in [0.15, 0.2) is 0 Å². The molecule has 0 atom stereocenters. The lowest BCUT2D eigenvalue weighted by Crippen LogP contribution is -2.08. The number of carbonyl (C=O) groups is 1. The second-order valence-corrected chi connectivity index (χ2v) is 5.95. The van der Waals surface area contributed by atoms with E-state index in [1.165, 1.54) is 6.07 Å². The van der Waals surface area contributed by atoms with E-state index < -0.39 is 5.97 Å². The molecule has 0 saturated heterocycles. The van der Waals surface area contributed by atoms with Gasteiger partial charge in [-0.05, 0) is 65.5 Å². The van der Waals surface area contributed by atoms with Crippen molar-refractivity contribution in [2.45, 2.75) is 25.8 Å². The minimum Gasteiger partial charge on any atom is -0.477 e. The SMILES string of the molecule is Cc1cc(Br)c(F)cc1-c1ccc(C(=O)O)n1C1CC1. The molecule has 0 amide bonds. The van der Waals surface area contributed by atoms with Crippen LogP contribution in [-0.2, 0) is 0 Å². The number of hydrogen-bond acceptors (Lipinski definition) is 1. The summed E-state index contributed by atoms with van der Waals surface area (Å²) in [6.45, 7) is 1.89. The Bertz CT molecular complexity index is 704. The van der Waals surface area contributed by atoms with Gasteiger partial charge >= 0.3 is 5.97 Å². The molecule has 20 heavy (non-hydrogen) atoms. The van der Waals surface area contributed by atoms with E-state index in [-0.39, 0.29) is 17.6 Å². The maximum absolute atomic E-state index is 13.8. The van der Waals surface area contributed by atoms with Gasteiger partial charge in [-0.25, -0.2) is 9.18 Å². The Morgan fingerprint density at radius 3 is 2.70 bits per heavy atom. The summed E-state index contributed by atoms with van der Waals surface area (Å²) in [5, 5.41) is 9.27. The van der Waals surface area contributed by atoms with Crippen molar-refractivity contribution in [2.75, 3.05) is 0 Å². The summed E-state index contributed by atoms with van der Waals surface area (Å²) in [5.41, 5.74) is 2.69. The van der Waals surface area contributed by atoms with Gasteiger partial charge in [0.1, 0.15) is 11.5 Å². The molecule has 5 heteroatoms. The summed E-state index contributed by atoms with van der Waals surface area (Å²) in [5.74, 6) is -1.29. The Kier molecular flexibility index (Phi) is 3.17. The van der Waals surface area contributed by atoms with Crippen LogP contribution in [0.4, 0.5) is 4.39 Å². The fourth-order valence-electron chi connectivity index (χ4n) is 2.49. The van der Waals surface area contributed by atoms with Crippen molar-refractivity contribution in [1.29, 1.82) is 0 Å². The minimum atomic E-state index is -0.946. The predicted molar refractivity (Wildman–Crippen MR) is 77.5 cm³/mol. The highest BCUT2D eigenvalue weighted by Gasteiger charge is 2.30. The summed E-state index contributed by atoms with van der Waals surface area (Å²) >= 11 is 3.17. The van der Waals surface area contributed by atoms with Crippen molar-refractivity contribution < 1.29 is 14.3 Å². The van der Waals surface area contributed by atoms with E-state index in [1.807, 2.05) is 11.5 Å². The largest absolute Gasteiger partial charge is 0.477 e. The first-order valence-corrected chi connectivity index (χ1v) is 7.19. The van der Waals surface area contributed by atoms with Crippen molar-refractivity contribution in [3.8, 4) is 11.3 Å². The zero-order valence-electron chi connectivity index (χ0n) is 10.9. The van der Waals surface area contributed by atoms with Gasteiger partial charge in [0, 0.05) is 17.3 Å². The normalized spacial score (nSPS) is 14.6. The summed E-state index contributed by atoms with van der Waals surface area (Å²) in [6, 6.07) is 6.75. The van der Waals surface area contributed by atoms with Gasteiger partial charge in [-0.2, -0.15) is 0 Å². The van der Waals surface area contributed by atoms with Gasteiger partial charge in [0.25, 0.3) is 0 Å². The van der Waals surface area contributed by atoms with Gasteiger partial charge in [-0.3, -0.25) is 0 Å². The lowest BCUT2D eigenvalue weighted by molar-refractivity contribution is 0.0685. The second kappa shape index (κ2) is 4.74. The summed E-state index contributed by atoms with van der Waals surface area (Å²) in [7, 11) is 0. The molecule has 0 spiro atoms. The quantitative estimate of drug-likeness (QED) is 0.901. The number of nitrogens with zero attached hydrogens (tertiary/aromatic N) is 1. The van der Waals surface area contributed by atoms with Gasteiger partial charge in [-0.15, -0.1) is 0 Å². The van der Waals surface area contributed by atoms with Crippen LogP contribution in [-0.4, -0.2) is 15.6 Å². The number of aryl methyl sites for hydroxylation is 1. The van der Waals surface area contributed by atoms with Crippen molar-refractivity contribution in [3.05, 3.63) is 45.8 Å². The van der Waals surface area contributed by atoms with Crippen LogP contribution < -0.4 is 0 Å². The molecule has 1 saturated carbocycles. The maximum atomic E-state index is 13.8. The molecule has 1 N–H and O–H groups in total. The van der Waals surface area contributed by atoms with E-state index in [9.17, 15) is 14.3 Å². The third-order valence-corrected chi connectivity index (χ3v) is 4.20. The molecule has 1 aliphatic carbocycles. The topological polar surface area (TPSA) is 42.2 Å². The van der Waals surface area contributed by atoms with Crippen LogP contribution in [0.3, 0.4) is 0 Å². The lowest BCUT2D eigenvalue weighted by Gasteiger charge is -2.13. The molecule has 104 valence electrons. The molecule has 0 aliphatic heterocycles. The first-order chi connectivity index (χ1) is 9.49. The van der Waals surface area contributed by atoms with Gasteiger partial charge in [-0.1, -0.05) is 0 Å². The number of rotatable bonds is 3. The molecule has 3 rings (SSSR count). The van der Waals surface area contributed by atoms with E-state index in [0.717, 1.165) is 29.7 Å². The van der Waals surface area contributed by atoms with E-state index in [2.05, 4.69) is 15.9 Å². The number of hydrogen-bond donors (Lipinski definition) is 1. The van der Waals surface area contributed by atoms with Gasteiger partial charge < -0.3 is 9.67 Å². The molecule has 0 unspecified atom stereocenters. The van der Waals surface area contributed by atoms with Crippen molar-refractivity contribution in [1.82, 2.24) is 4.57 Å². The van der Waals surface area contributed by atoms with E-state index in [0.29, 0.717) is 4.47 Å². The highest BCUT2D eigenvalue weighted by atomic mass is 79.9. The van der Waals surface area contributed by atoms with Crippen molar-refractivity contribution in [2.24, 2.45) is 0 Å². The number of halogens is 2. The highest BCUT2D eigenvalue weighted by molar-refractivity contribution is 9.10. The molecule has 1 fully saturated rings. The van der Waals surface area contributed by atoms with Crippen molar-refractivity contribution >= 4 is 21.9 Å². The molecule has 1 aliphatic rings. The average molecular weight is 338 g/mol. The highest BCUT2D eigenvalue weighted by Crippen LogP contribution is 2.41. The summed E-state index contributed by atoms with van der Waals surface area (Å²) < 4.78 is 16.0. The van der Waals surface area contributed by atoms with E-state index >= 15 is 0 Å². The maximum Gasteiger partial charge on any atom is 0.352 e. The van der Waals surface area contributed by atoms with E-state index in [4.69, 9.17) is 0 Å². The fourth-order valence-corrected chi connectivity index (χ4v) is 2.95. The first-order valence-electron chi connectivity index (χ1n) is 6.39. The third kappa shape index (κ3) is 2.16. The first kappa shape index (κ1) is 13.4. The molecule has 2 aromatic rings. The van der Waals surface area contributed by atoms with Crippen LogP contribution in [0.5, 0.6) is 0 Å². The lowest BCUT2D eigenvalue weighted by atomic mass is 10.1. The molecular weight excluding hydrogens is 325 g/mol. The number of benzene rings is 1. The molecule has 1 heterocycles. The number of carboxylic acid groups (broad SMARTS) is 1. The molecule has 1 aromatic heterocycles. The monoisotopic (exact) mass is 337 g/mol. The van der Waals surface area contributed by atoms with Crippen LogP contribution in [0.1, 0.15) is 34.9 Å². The Hall–Kier alpha value is -1.62. The zero-order valence-corrected chi connectivity index (χ0v) is 12.4. The second-order valence-electron chi connectivity index (χ2n) is 5.09. The number of aromatic nitrogens is 1. The molecule has 3 nitrogen and oxygen atoms in total. The fraction of sp³-hybridized carbons (Fsp3) is 0.267. The summed E-state index contributed by atoms with van der Waals surface area (Å²) in [4.78, 5) is 11.3. The molecular formula is C15H13BrFNO2. The smallest absolute Gasteiger partial charge is 0.352 e. The van der Waals surface area contributed by atoms with Gasteiger partial charge in [0.05, 0.1) is 4.47 Å². The van der Waals surface area contributed by atoms with Crippen LogP contribution in [0.25, 0.3) is 11.3 Å². The molecule has 0 bridgehead atoms. The Morgan fingerprint density at radius 2 is 2.10 bits per heavy atom. The minimum absolute atomic E-state index is 0.220. The van der Waals surface area contributed by atoms with Gasteiger partial charge in [0.2, 0.25) is 0 Å². The number of aromatic carboxylic acids is 1. The van der Waals surface area contributed by atoms with E-state index in [1.54, 1.807) is 18.2 Å². The molecule has 1 aromatic carbocycles. The zero-order chi connectivity index (χ0) is 14.4. The van der Waals surface area contributed by atoms with Crippen molar-refractivity contribution in [3.63, 3.8) is 0 Å². The summed E-state index contributed by atoms with van der Waals surface area (Å²) in [6.07, 6.45) is 1.94. The molecule has 0 radical (unpaired) electrons. The standard InChI is InChI=1S/C15H13BrFNO2/c1-8-6-11(16)12(17)7-10(8)13-4-5-14(15(19)20)18(13)9-2-3-9/h4-7,9H,2-3H2,1H3,(H,19,20). The third-order valence-electron chi connectivity index (χ3n) is 3.59. The Morgan fingerprint density at radius 1 is 1.40 bits per heavy atom. The van der Waals surface area contributed by atoms with Crippen LogP contribution in [0.2, 0.25) is 0 Å². The Labute approximate surface area is 124 Å². The van der Waals surface area contributed by atoms with Crippen LogP contribution in [0, 0.1) is 12.7 Å².